The Morgan fingerprint density at radius 2 is 1.88 bits per heavy atom. The van der Waals surface area contributed by atoms with E-state index in [4.69, 9.17) is 12.2 Å². The average molecular weight is 370 g/mol. The number of aromatic nitrogens is 1. The number of nitrogens with one attached hydrogen (secondary N) is 1. The smallest absolute Gasteiger partial charge is 0.272 e. The van der Waals surface area contributed by atoms with E-state index in [0.29, 0.717) is 0 Å². The van der Waals surface area contributed by atoms with Crippen LogP contribution in [0, 0.1) is 10.9 Å². The Morgan fingerprint density at radius 1 is 1.16 bits per heavy atom. The Morgan fingerprint density at radius 3 is 2.52 bits per heavy atom. The fourth-order valence-electron chi connectivity index (χ4n) is 2.21. The highest BCUT2D eigenvalue weighted by Crippen LogP contribution is 2.23. The van der Waals surface area contributed by atoms with Gasteiger partial charge in [-0.2, -0.15) is 4.68 Å². The monoisotopic (exact) mass is 370 g/mol. The first-order valence-electron chi connectivity index (χ1n) is 7.39. The van der Waals surface area contributed by atoms with Crippen LogP contribution in [-0.2, 0) is 0 Å². The first-order chi connectivity index (χ1) is 11.9. The molecule has 3 aromatic rings. The van der Waals surface area contributed by atoms with Gasteiger partial charge < -0.3 is 5.11 Å². The summed E-state index contributed by atoms with van der Waals surface area (Å²) >= 11 is 6.50. The number of carbonyl (C=O) groups excluding carboxylic acids is 1. The van der Waals surface area contributed by atoms with Crippen molar-refractivity contribution in [2.75, 3.05) is 5.43 Å². The van der Waals surface area contributed by atoms with Crippen molar-refractivity contribution in [3.8, 4) is 16.2 Å². The zero-order valence-corrected chi connectivity index (χ0v) is 14.9. The van der Waals surface area contributed by atoms with E-state index in [9.17, 15) is 14.7 Å². The van der Waals surface area contributed by atoms with Gasteiger partial charge in [0.2, 0.25) is 0 Å². The van der Waals surface area contributed by atoms with Crippen LogP contribution < -0.4 is 11.0 Å². The van der Waals surface area contributed by atoms with Gasteiger partial charge in [-0.25, -0.2) is 0 Å². The maximum atomic E-state index is 12.4. The highest BCUT2D eigenvalue weighted by atomic mass is 32.1. The van der Waals surface area contributed by atoms with E-state index < -0.39 is 11.5 Å². The highest BCUT2D eigenvalue weighted by Gasteiger charge is 2.10. The molecule has 1 heterocycles. The Labute approximate surface area is 152 Å². The van der Waals surface area contributed by atoms with Gasteiger partial charge in [-0.05, 0) is 42.9 Å². The number of phenols is 1. The molecule has 0 saturated heterocycles. The number of nitrogens with zero attached hydrogens (tertiary/aromatic N) is 1. The molecular weight excluding hydrogens is 356 g/mol. The predicted molar refractivity (Wildman–Crippen MR) is 101 cm³/mol. The first-order valence-corrected chi connectivity index (χ1v) is 8.61. The molecule has 25 heavy (non-hydrogen) atoms. The molecule has 2 aromatic carbocycles. The van der Waals surface area contributed by atoms with E-state index in [1.807, 2.05) is 31.2 Å². The minimum absolute atomic E-state index is 0.0314. The summed E-state index contributed by atoms with van der Waals surface area (Å²) in [4.78, 5) is 25.3. The van der Waals surface area contributed by atoms with Crippen LogP contribution in [-0.4, -0.2) is 15.7 Å². The first kappa shape index (κ1) is 17.1. The van der Waals surface area contributed by atoms with Crippen LogP contribution in [0.5, 0.6) is 5.75 Å². The maximum absolute atomic E-state index is 12.4. The Hall–Kier alpha value is -2.77. The van der Waals surface area contributed by atoms with Gasteiger partial charge in [-0.15, -0.1) is 11.3 Å². The van der Waals surface area contributed by atoms with E-state index >= 15 is 0 Å². The summed E-state index contributed by atoms with van der Waals surface area (Å²) in [5.41, 5.74) is 4.30. The molecule has 5 nitrogen and oxygen atoms in total. The molecule has 0 aliphatic heterocycles. The SMILES string of the molecule is Cc1ccc(-c2cc(=O)n(NC(=O)c3cccc(O)c3)c(=S)s2)cc1. The zero-order chi connectivity index (χ0) is 18.0. The second-order valence-electron chi connectivity index (χ2n) is 5.41. The lowest BCUT2D eigenvalue weighted by Crippen LogP contribution is -2.32. The molecule has 126 valence electrons. The average Bonchev–Trinajstić information content (AvgIpc) is 2.58. The molecule has 0 aliphatic rings. The largest absolute Gasteiger partial charge is 0.508 e. The fraction of sp³-hybridized carbons (Fsp3) is 0.0556. The lowest BCUT2D eigenvalue weighted by Gasteiger charge is -2.09. The number of benzene rings is 2. The van der Waals surface area contributed by atoms with Crippen LogP contribution in [0.1, 0.15) is 15.9 Å². The Balaban J connectivity index is 1.93. The van der Waals surface area contributed by atoms with Crippen molar-refractivity contribution in [1.82, 2.24) is 4.68 Å². The van der Waals surface area contributed by atoms with Gasteiger partial charge >= 0.3 is 0 Å². The van der Waals surface area contributed by atoms with E-state index in [-0.39, 0.29) is 15.3 Å². The number of hydrogen-bond donors (Lipinski definition) is 2. The third kappa shape index (κ3) is 3.84. The molecule has 1 amide bonds. The lowest BCUT2D eigenvalue weighted by molar-refractivity contribution is 0.101. The van der Waals surface area contributed by atoms with Gasteiger partial charge in [0.15, 0.2) is 3.95 Å². The number of phenolic OH excluding ortho intramolecular Hbond substituents is 1. The van der Waals surface area contributed by atoms with Crippen molar-refractivity contribution in [2.24, 2.45) is 0 Å². The molecule has 0 aliphatic carbocycles. The van der Waals surface area contributed by atoms with Gasteiger partial charge in [0.05, 0.1) is 0 Å². The van der Waals surface area contributed by atoms with Crippen LogP contribution in [0.25, 0.3) is 10.4 Å². The number of amides is 1. The molecule has 2 N–H and O–H groups in total. The minimum atomic E-state index is -0.528. The van der Waals surface area contributed by atoms with Crippen molar-refractivity contribution in [3.05, 3.63) is 80.0 Å². The molecule has 0 atom stereocenters. The summed E-state index contributed by atoms with van der Waals surface area (Å²) in [5.74, 6) is -0.560. The summed E-state index contributed by atoms with van der Waals surface area (Å²) < 4.78 is 1.26. The molecular formula is C18H14N2O3S2. The molecule has 0 spiro atoms. The zero-order valence-electron chi connectivity index (χ0n) is 13.2. The second-order valence-corrected chi connectivity index (χ2v) is 7.08. The number of aromatic hydroxyl groups is 1. The maximum Gasteiger partial charge on any atom is 0.272 e. The molecule has 1 aromatic heterocycles. The van der Waals surface area contributed by atoms with Gasteiger partial charge in [0.25, 0.3) is 11.5 Å². The number of hydrogen-bond acceptors (Lipinski definition) is 5. The summed E-state index contributed by atoms with van der Waals surface area (Å²) in [6, 6.07) is 15.1. The fourth-order valence-corrected chi connectivity index (χ4v) is 3.44. The van der Waals surface area contributed by atoms with Crippen molar-refractivity contribution in [1.29, 1.82) is 0 Å². The van der Waals surface area contributed by atoms with Crippen molar-refractivity contribution >= 4 is 29.5 Å². The van der Waals surface area contributed by atoms with Gasteiger partial charge in [0, 0.05) is 16.5 Å². The number of carbonyl (C=O) groups is 1. The topological polar surface area (TPSA) is 71.3 Å². The standard InChI is InChI=1S/C18H14N2O3S2/c1-11-5-7-12(8-6-11)15-10-16(22)20(18(24)25-15)19-17(23)13-3-2-4-14(21)9-13/h2-10,21H,1H3,(H,19,23). The minimum Gasteiger partial charge on any atom is -0.508 e. The normalized spacial score (nSPS) is 10.4. The van der Waals surface area contributed by atoms with Crippen LogP contribution in [0.4, 0.5) is 0 Å². The summed E-state index contributed by atoms with van der Waals surface area (Å²) in [7, 11) is 0. The predicted octanol–water partition coefficient (Wildman–Crippen LogP) is 3.70. The summed E-state index contributed by atoms with van der Waals surface area (Å²) in [6.07, 6.45) is 0. The molecule has 0 fully saturated rings. The van der Waals surface area contributed by atoms with Crippen LogP contribution in [0.15, 0.2) is 59.4 Å². The second kappa shape index (κ2) is 7.00. The van der Waals surface area contributed by atoms with Crippen LogP contribution in [0.3, 0.4) is 0 Å². The highest BCUT2D eigenvalue weighted by molar-refractivity contribution is 7.73. The van der Waals surface area contributed by atoms with Gasteiger partial charge in [0.1, 0.15) is 5.75 Å². The van der Waals surface area contributed by atoms with Crippen molar-refractivity contribution in [2.45, 2.75) is 6.92 Å². The van der Waals surface area contributed by atoms with E-state index in [0.717, 1.165) is 20.7 Å². The molecule has 3 rings (SSSR count). The van der Waals surface area contributed by atoms with Crippen LogP contribution >= 0.6 is 23.6 Å². The quantitative estimate of drug-likeness (QED) is 0.690. The Bertz CT molecular complexity index is 1020. The number of rotatable bonds is 3. The van der Waals surface area contributed by atoms with E-state index in [1.54, 1.807) is 6.07 Å². The summed E-state index contributed by atoms with van der Waals surface area (Å²) in [6.45, 7) is 1.99. The van der Waals surface area contributed by atoms with Gasteiger partial charge in [-0.3, -0.25) is 15.0 Å². The molecule has 7 heteroatoms. The lowest BCUT2D eigenvalue weighted by atomic mass is 10.1. The van der Waals surface area contributed by atoms with E-state index in [1.165, 1.54) is 35.6 Å². The third-order valence-corrected chi connectivity index (χ3v) is 4.88. The molecule has 0 saturated carbocycles. The van der Waals surface area contributed by atoms with E-state index in [2.05, 4.69) is 5.43 Å². The molecule has 0 radical (unpaired) electrons. The van der Waals surface area contributed by atoms with Crippen molar-refractivity contribution in [3.63, 3.8) is 0 Å². The van der Waals surface area contributed by atoms with Crippen molar-refractivity contribution < 1.29 is 9.90 Å². The van der Waals surface area contributed by atoms with Crippen LogP contribution in [0.2, 0.25) is 0 Å². The Kier molecular flexibility index (Phi) is 4.78. The third-order valence-electron chi connectivity index (χ3n) is 3.51. The molecule has 0 unspecified atom stereocenters. The molecule has 0 bridgehead atoms. The number of aryl methyl sites for hydroxylation is 1. The summed E-state index contributed by atoms with van der Waals surface area (Å²) in [5, 5.41) is 9.45. The van der Waals surface area contributed by atoms with Gasteiger partial charge in [-0.1, -0.05) is 35.9 Å².